The van der Waals surface area contributed by atoms with Gasteiger partial charge in [0.2, 0.25) is 0 Å². The molecule has 2 aliphatic heterocycles. The van der Waals surface area contributed by atoms with E-state index in [0.717, 1.165) is 50.9 Å². The summed E-state index contributed by atoms with van der Waals surface area (Å²) >= 11 is 0. The second-order valence-corrected chi connectivity index (χ2v) is 10.7. The van der Waals surface area contributed by atoms with Crippen LogP contribution < -0.4 is 14.8 Å². The lowest BCUT2D eigenvalue weighted by atomic mass is 9.77. The average Bonchev–Trinajstić information content (AvgIpc) is 3.32. The number of carbonyl (C=O) groups excluding carboxylic acids is 2. The molecule has 1 spiro atoms. The number of hydrogen-bond donors (Lipinski definition) is 1. The summed E-state index contributed by atoms with van der Waals surface area (Å²) in [6, 6.07) is 11.6. The van der Waals surface area contributed by atoms with Gasteiger partial charge in [-0.1, -0.05) is 45.4 Å². The van der Waals surface area contributed by atoms with Crippen molar-refractivity contribution in [2.45, 2.75) is 58.8 Å². The second-order valence-electron chi connectivity index (χ2n) is 10.7. The van der Waals surface area contributed by atoms with Crippen molar-refractivity contribution in [3.05, 3.63) is 53.1 Å². The van der Waals surface area contributed by atoms with Crippen LogP contribution in [0.2, 0.25) is 0 Å². The number of anilines is 1. The number of amides is 3. The fourth-order valence-electron chi connectivity index (χ4n) is 5.77. The first-order valence-corrected chi connectivity index (χ1v) is 13.5. The minimum absolute atomic E-state index is 0.0121. The number of hydrogen-bond acceptors (Lipinski definition) is 4. The van der Waals surface area contributed by atoms with Crippen LogP contribution in [0.5, 0.6) is 11.5 Å². The van der Waals surface area contributed by atoms with Gasteiger partial charge < -0.3 is 24.6 Å². The molecular formula is C30H41N3O4. The van der Waals surface area contributed by atoms with Crippen molar-refractivity contribution in [2.24, 2.45) is 5.41 Å². The molecule has 0 atom stereocenters. The van der Waals surface area contributed by atoms with Crippen molar-refractivity contribution in [3.63, 3.8) is 0 Å². The maximum absolute atomic E-state index is 13.4. The molecule has 2 fully saturated rings. The Bertz CT molecular complexity index is 1120. The molecule has 37 heavy (non-hydrogen) atoms. The topological polar surface area (TPSA) is 71.1 Å². The van der Waals surface area contributed by atoms with Gasteiger partial charge in [-0.15, -0.1) is 0 Å². The van der Waals surface area contributed by atoms with E-state index < -0.39 is 0 Å². The number of likely N-dealkylation sites (tertiary alicyclic amines) is 2. The van der Waals surface area contributed by atoms with Crippen molar-refractivity contribution in [3.8, 4) is 11.5 Å². The maximum atomic E-state index is 13.4. The average molecular weight is 508 g/mol. The lowest BCUT2D eigenvalue weighted by Crippen LogP contribution is -2.45. The van der Waals surface area contributed by atoms with E-state index in [-0.39, 0.29) is 17.4 Å². The summed E-state index contributed by atoms with van der Waals surface area (Å²) in [7, 11) is 3.17. The molecule has 2 aromatic rings. The van der Waals surface area contributed by atoms with Gasteiger partial charge in [0, 0.05) is 31.9 Å². The molecule has 0 aromatic heterocycles. The molecule has 0 unspecified atom stereocenters. The van der Waals surface area contributed by atoms with Crippen LogP contribution in [0, 0.1) is 5.41 Å². The number of methoxy groups -OCH3 is 2. The van der Waals surface area contributed by atoms with E-state index in [1.165, 1.54) is 11.1 Å². The van der Waals surface area contributed by atoms with Gasteiger partial charge in [-0.3, -0.25) is 4.79 Å². The predicted octanol–water partition coefficient (Wildman–Crippen LogP) is 5.94. The molecular weight excluding hydrogens is 466 g/mol. The van der Waals surface area contributed by atoms with Crippen molar-refractivity contribution < 1.29 is 19.1 Å². The van der Waals surface area contributed by atoms with E-state index in [2.05, 4.69) is 44.3 Å². The highest BCUT2D eigenvalue weighted by Gasteiger charge is 2.43. The Morgan fingerprint density at radius 1 is 1.00 bits per heavy atom. The van der Waals surface area contributed by atoms with Crippen LogP contribution in [0.25, 0.3) is 0 Å². The predicted molar refractivity (Wildman–Crippen MR) is 147 cm³/mol. The summed E-state index contributed by atoms with van der Waals surface area (Å²) in [5.74, 6) is 1.49. The number of para-hydroxylation sites is 1. The summed E-state index contributed by atoms with van der Waals surface area (Å²) in [6.07, 6.45) is 4.73. The van der Waals surface area contributed by atoms with Gasteiger partial charge in [-0.25, -0.2) is 4.79 Å². The van der Waals surface area contributed by atoms with Gasteiger partial charge in [0.25, 0.3) is 5.91 Å². The lowest BCUT2D eigenvalue weighted by molar-refractivity contribution is 0.0591. The number of piperidine rings is 1. The number of rotatable bonds is 7. The highest BCUT2D eigenvalue weighted by Crippen LogP contribution is 2.41. The van der Waals surface area contributed by atoms with Crippen LogP contribution in [0.15, 0.2) is 36.4 Å². The molecule has 3 amide bonds. The quantitative estimate of drug-likeness (QED) is 0.504. The molecule has 200 valence electrons. The molecule has 0 radical (unpaired) electrons. The number of benzene rings is 2. The van der Waals surface area contributed by atoms with Crippen molar-refractivity contribution in [1.29, 1.82) is 0 Å². The third-order valence-electron chi connectivity index (χ3n) is 8.03. The molecule has 2 aromatic carbocycles. The molecule has 0 bridgehead atoms. The summed E-state index contributed by atoms with van der Waals surface area (Å²) in [4.78, 5) is 30.6. The summed E-state index contributed by atoms with van der Waals surface area (Å²) in [5, 5.41) is 3.28. The number of urea groups is 1. The molecule has 0 saturated carbocycles. The van der Waals surface area contributed by atoms with Crippen LogP contribution in [-0.4, -0.2) is 62.1 Å². The van der Waals surface area contributed by atoms with Gasteiger partial charge in [-0.05, 0) is 66.3 Å². The van der Waals surface area contributed by atoms with Crippen LogP contribution in [0.1, 0.15) is 73.9 Å². The van der Waals surface area contributed by atoms with Gasteiger partial charge in [0.05, 0.1) is 19.8 Å². The van der Waals surface area contributed by atoms with Crippen LogP contribution >= 0.6 is 0 Å². The minimum Gasteiger partial charge on any atom is -0.497 e. The smallest absolute Gasteiger partial charge is 0.321 e. The fraction of sp³-hybridized carbons (Fsp3) is 0.533. The Morgan fingerprint density at radius 2 is 1.70 bits per heavy atom. The van der Waals surface area contributed by atoms with Crippen molar-refractivity contribution in [2.75, 3.05) is 45.7 Å². The minimum atomic E-state index is -0.0352. The Morgan fingerprint density at radius 3 is 2.32 bits per heavy atom. The number of carbonyl (C=O) groups is 2. The van der Waals surface area contributed by atoms with Gasteiger partial charge in [0.15, 0.2) is 0 Å². The van der Waals surface area contributed by atoms with E-state index in [9.17, 15) is 9.59 Å². The Kier molecular flexibility index (Phi) is 8.30. The third-order valence-corrected chi connectivity index (χ3v) is 8.03. The van der Waals surface area contributed by atoms with E-state index in [1.807, 2.05) is 9.80 Å². The van der Waals surface area contributed by atoms with Gasteiger partial charge >= 0.3 is 6.03 Å². The summed E-state index contributed by atoms with van der Waals surface area (Å²) < 4.78 is 10.7. The zero-order valence-corrected chi connectivity index (χ0v) is 22.9. The van der Waals surface area contributed by atoms with E-state index in [0.29, 0.717) is 36.1 Å². The Balaban J connectivity index is 1.40. The Labute approximate surface area is 221 Å². The molecule has 4 rings (SSSR count). The first kappa shape index (κ1) is 26.8. The highest BCUT2D eigenvalue weighted by molar-refractivity contribution is 5.97. The van der Waals surface area contributed by atoms with Crippen LogP contribution in [0.4, 0.5) is 10.5 Å². The number of aryl methyl sites for hydroxylation is 1. The molecule has 7 heteroatoms. The molecule has 7 nitrogen and oxygen atoms in total. The largest absolute Gasteiger partial charge is 0.497 e. The standard InChI is InChI=1S/C30H41N3O4/c1-6-8-22-9-7-10-24(21(2)3)27(22)31-29(35)33-18-15-30(20-33)13-16-32(17-14-30)28(34)25-19-23(36-4)11-12-26(25)37-5/h7,9-12,19,21H,6,8,13-18,20H2,1-5H3,(H,31,35). The lowest BCUT2D eigenvalue weighted by Gasteiger charge is -2.39. The summed E-state index contributed by atoms with van der Waals surface area (Å²) in [5.41, 5.74) is 3.97. The van der Waals surface area contributed by atoms with Crippen molar-refractivity contribution in [1.82, 2.24) is 9.80 Å². The van der Waals surface area contributed by atoms with Gasteiger partial charge in [0.1, 0.15) is 11.5 Å². The first-order valence-electron chi connectivity index (χ1n) is 13.5. The van der Waals surface area contributed by atoms with Crippen molar-refractivity contribution >= 4 is 17.6 Å². The summed E-state index contributed by atoms with van der Waals surface area (Å²) in [6.45, 7) is 9.33. The SMILES string of the molecule is CCCc1cccc(C(C)C)c1NC(=O)N1CCC2(CCN(C(=O)c3cc(OC)ccc3OC)CC2)C1. The maximum Gasteiger partial charge on any atom is 0.321 e. The van der Waals surface area contributed by atoms with Gasteiger partial charge in [-0.2, -0.15) is 0 Å². The molecule has 1 N–H and O–H groups in total. The fourth-order valence-corrected chi connectivity index (χ4v) is 5.77. The first-order chi connectivity index (χ1) is 17.8. The Hall–Kier alpha value is -3.22. The monoisotopic (exact) mass is 507 g/mol. The zero-order chi connectivity index (χ0) is 26.6. The normalized spacial score (nSPS) is 16.8. The molecule has 0 aliphatic carbocycles. The third kappa shape index (κ3) is 5.71. The zero-order valence-electron chi connectivity index (χ0n) is 22.9. The van der Waals surface area contributed by atoms with Crippen LogP contribution in [-0.2, 0) is 6.42 Å². The highest BCUT2D eigenvalue weighted by atomic mass is 16.5. The second kappa shape index (κ2) is 11.4. The molecule has 2 heterocycles. The number of nitrogens with one attached hydrogen (secondary N) is 1. The van der Waals surface area contributed by atoms with E-state index in [4.69, 9.17) is 9.47 Å². The number of ether oxygens (including phenoxy) is 2. The number of nitrogens with zero attached hydrogens (tertiary/aromatic N) is 2. The van der Waals surface area contributed by atoms with Crippen LogP contribution in [0.3, 0.4) is 0 Å². The molecule has 2 aliphatic rings. The van der Waals surface area contributed by atoms with E-state index >= 15 is 0 Å². The van der Waals surface area contributed by atoms with E-state index in [1.54, 1.807) is 32.4 Å². The molecule has 2 saturated heterocycles.